The van der Waals surface area contributed by atoms with Crippen molar-refractivity contribution in [3.05, 3.63) is 53.6 Å². The number of carbonyl (C=O) groups excluding carboxylic acids is 4. The third-order valence-corrected chi connectivity index (χ3v) is 5.28. The number of rotatable bonds is 6. The average Bonchev–Trinajstić information content (AvgIpc) is 3.31. The molecular formula is C22H22N4O6. The standard InChI is InChI=1S/C22H22N4O6/c1-22(10-13-6-7-16-17(8-13)32-12-31-16)20(29)26(21(30)25-22)11-18(27)24-15-5-3-4-14(9-15)19(28)23-2/h3-9H,10-12H2,1-2H3,(H,23,28)(H,24,27)(H,25,30). The molecule has 1 saturated heterocycles. The van der Waals surface area contributed by atoms with E-state index in [1.54, 1.807) is 43.3 Å². The monoisotopic (exact) mass is 438 g/mol. The molecule has 2 aromatic rings. The highest BCUT2D eigenvalue weighted by Gasteiger charge is 2.48. The van der Waals surface area contributed by atoms with Crippen molar-refractivity contribution in [2.45, 2.75) is 18.9 Å². The Morgan fingerprint density at radius 1 is 1.12 bits per heavy atom. The number of hydrogen-bond acceptors (Lipinski definition) is 6. The number of fused-ring (bicyclic) bond motifs is 1. The molecule has 1 atom stereocenters. The summed E-state index contributed by atoms with van der Waals surface area (Å²) in [5, 5.41) is 7.79. The molecule has 10 nitrogen and oxygen atoms in total. The maximum Gasteiger partial charge on any atom is 0.325 e. The zero-order valence-electron chi connectivity index (χ0n) is 17.6. The SMILES string of the molecule is CNC(=O)c1cccc(NC(=O)CN2C(=O)NC(C)(Cc3ccc4c(c3)OCO4)C2=O)c1. The third-order valence-electron chi connectivity index (χ3n) is 5.28. The largest absolute Gasteiger partial charge is 0.454 e. The van der Waals surface area contributed by atoms with E-state index < -0.39 is 29.9 Å². The van der Waals surface area contributed by atoms with E-state index >= 15 is 0 Å². The Bertz CT molecular complexity index is 1120. The molecule has 0 bridgehead atoms. The van der Waals surface area contributed by atoms with Gasteiger partial charge in [-0.2, -0.15) is 0 Å². The first-order valence-electron chi connectivity index (χ1n) is 9.94. The summed E-state index contributed by atoms with van der Waals surface area (Å²) >= 11 is 0. The van der Waals surface area contributed by atoms with Crippen LogP contribution in [0.5, 0.6) is 11.5 Å². The number of hydrogen-bond donors (Lipinski definition) is 3. The van der Waals surface area contributed by atoms with Crippen molar-refractivity contribution < 1.29 is 28.7 Å². The van der Waals surface area contributed by atoms with Crippen molar-refractivity contribution in [3.8, 4) is 11.5 Å². The Balaban J connectivity index is 1.42. The van der Waals surface area contributed by atoms with E-state index in [-0.39, 0.29) is 19.1 Å². The Kier molecular flexibility index (Phi) is 5.43. The zero-order valence-corrected chi connectivity index (χ0v) is 17.6. The van der Waals surface area contributed by atoms with E-state index in [0.29, 0.717) is 22.7 Å². The van der Waals surface area contributed by atoms with Crippen molar-refractivity contribution in [2.75, 3.05) is 25.7 Å². The van der Waals surface area contributed by atoms with Crippen LogP contribution >= 0.6 is 0 Å². The fourth-order valence-corrected chi connectivity index (χ4v) is 3.70. The van der Waals surface area contributed by atoms with E-state index in [2.05, 4.69) is 16.0 Å². The highest BCUT2D eigenvalue weighted by Crippen LogP contribution is 2.34. The molecule has 166 valence electrons. The molecule has 0 aliphatic carbocycles. The lowest BCUT2D eigenvalue weighted by molar-refractivity contribution is -0.133. The topological polar surface area (TPSA) is 126 Å². The highest BCUT2D eigenvalue weighted by molar-refractivity contribution is 6.10. The minimum atomic E-state index is -1.20. The first-order chi connectivity index (χ1) is 15.3. The van der Waals surface area contributed by atoms with Gasteiger partial charge in [0.1, 0.15) is 12.1 Å². The number of ether oxygens (including phenoxy) is 2. The Hall–Kier alpha value is -4.08. The second kappa shape index (κ2) is 8.22. The molecule has 2 aliphatic heterocycles. The van der Waals surface area contributed by atoms with Crippen LogP contribution in [0.2, 0.25) is 0 Å². The maximum atomic E-state index is 13.0. The molecule has 2 aromatic carbocycles. The van der Waals surface area contributed by atoms with Gasteiger partial charge in [0.15, 0.2) is 11.5 Å². The lowest BCUT2D eigenvalue weighted by Crippen LogP contribution is -2.46. The van der Waals surface area contributed by atoms with Crippen LogP contribution in [0.15, 0.2) is 42.5 Å². The van der Waals surface area contributed by atoms with Gasteiger partial charge in [0.05, 0.1) is 0 Å². The van der Waals surface area contributed by atoms with E-state index in [4.69, 9.17) is 9.47 Å². The summed E-state index contributed by atoms with van der Waals surface area (Å²) in [7, 11) is 1.51. The molecule has 0 spiro atoms. The first-order valence-corrected chi connectivity index (χ1v) is 9.94. The predicted molar refractivity (Wildman–Crippen MR) is 113 cm³/mol. The van der Waals surface area contributed by atoms with Crippen LogP contribution in [0, 0.1) is 0 Å². The molecule has 5 amide bonds. The van der Waals surface area contributed by atoms with Gasteiger partial charge in [0, 0.05) is 24.7 Å². The van der Waals surface area contributed by atoms with Gasteiger partial charge in [-0.05, 0) is 42.8 Å². The van der Waals surface area contributed by atoms with Crippen molar-refractivity contribution >= 4 is 29.4 Å². The van der Waals surface area contributed by atoms with Gasteiger partial charge in [-0.15, -0.1) is 0 Å². The lowest BCUT2D eigenvalue weighted by atomic mass is 9.92. The molecule has 1 unspecified atom stereocenters. The fraction of sp³-hybridized carbons (Fsp3) is 0.273. The number of urea groups is 1. The Labute approximate surface area is 183 Å². The number of benzene rings is 2. The molecule has 2 heterocycles. The molecule has 0 aromatic heterocycles. The molecule has 4 rings (SSSR count). The van der Waals surface area contributed by atoms with Gasteiger partial charge < -0.3 is 25.4 Å². The van der Waals surface area contributed by atoms with Crippen LogP contribution in [0.3, 0.4) is 0 Å². The Morgan fingerprint density at radius 2 is 1.91 bits per heavy atom. The molecule has 3 N–H and O–H groups in total. The van der Waals surface area contributed by atoms with Crippen LogP contribution in [-0.4, -0.2) is 54.6 Å². The van der Waals surface area contributed by atoms with Crippen molar-refractivity contribution in [2.24, 2.45) is 0 Å². The van der Waals surface area contributed by atoms with Crippen LogP contribution in [0.4, 0.5) is 10.5 Å². The zero-order chi connectivity index (χ0) is 22.9. The molecule has 2 aliphatic rings. The van der Waals surface area contributed by atoms with Crippen LogP contribution in [-0.2, 0) is 16.0 Å². The molecule has 10 heteroatoms. The number of nitrogens with one attached hydrogen (secondary N) is 3. The fourth-order valence-electron chi connectivity index (χ4n) is 3.70. The normalized spacial score (nSPS) is 19.0. The highest BCUT2D eigenvalue weighted by atomic mass is 16.7. The van der Waals surface area contributed by atoms with Crippen LogP contribution < -0.4 is 25.4 Å². The van der Waals surface area contributed by atoms with Crippen molar-refractivity contribution in [1.29, 1.82) is 0 Å². The van der Waals surface area contributed by atoms with Crippen molar-refractivity contribution in [3.63, 3.8) is 0 Å². The molecule has 1 fully saturated rings. The molecule has 0 saturated carbocycles. The number of carbonyl (C=O) groups is 4. The molecular weight excluding hydrogens is 416 g/mol. The molecule has 32 heavy (non-hydrogen) atoms. The van der Waals surface area contributed by atoms with Gasteiger partial charge in [-0.3, -0.25) is 19.3 Å². The summed E-state index contributed by atoms with van der Waals surface area (Å²) in [5.74, 6) is -0.156. The summed E-state index contributed by atoms with van der Waals surface area (Å²) in [6.07, 6.45) is 0.223. The van der Waals surface area contributed by atoms with Gasteiger partial charge >= 0.3 is 6.03 Å². The smallest absolute Gasteiger partial charge is 0.325 e. The van der Waals surface area contributed by atoms with E-state index in [1.165, 1.54) is 13.1 Å². The minimum Gasteiger partial charge on any atom is -0.454 e. The van der Waals surface area contributed by atoms with E-state index in [0.717, 1.165) is 10.5 Å². The number of amides is 5. The van der Waals surface area contributed by atoms with Gasteiger partial charge in [-0.1, -0.05) is 12.1 Å². The summed E-state index contributed by atoms with van der Waals surface area (Å²) < 4.78 is 10.7. The summed E-state index contributed by atoms with van der Waals surface area (Å²) in [6.45, 7) is 1.30. The van der Waals surface area contributed by atoms with Gasteiger partial charge in [0.2, 0.25) is 12.7 Å². The summed E-state index contributed by atoms with van der Waals surface area (Å²) in [5.41, 5.74) is 0.329. The van der Waals surface area contributed by atoms with Crippen LogP contribution in [0.25, 0.3) is 0 Å². The Morgan fingerprint density at radius 3 is 2.69 bits per heavy atom. The second-order valence-electron chi connectivity index (χ2n) is 7.73. The van der Waals surface area contributed by atoms with E-state index in [9.17, 15) is 19.2 Å². The second-order valence-corrected chi connectivity index (χ2v) is 7.73. The minimum absolute atomic E-state index is 0.140. The number of nitrogens with zero attached hydrogens (tertiary/aromatic N) is 1. The first kappa shape index (κ1) is 21.2. The molecule has 0 radical (unpaired) electrons. The summed E-state index contributed by atoms with van der Waals surface area (Å²) in [6, 6.07) is 11.0. The number of anilines is 1. The van der Waals surface area contributed by atoms with Gasteiger partial charge in [0.25, 0.3) is 11.8 Å². The average molecular weight is 438 g/mol. The quantitative estimate of drug-likeness (QED) is 0.583. The predicted octanol–water partition coefficient (Wildman–Crippen LogP) is 1.27. The number of imide groups is 1. The van der Waals surface area contributed by atoms with Gasteiger partial charge in [-0.25, -0.2) is 4.79 Å². The van der Waals surface area contributed by atoms with Crippen molar-refractivity contribution in [1.82, 2.24) is 15.5 Å². The van der Waals surface area contributed by atoms with Crippen LogP contribution in [0.1, 0.15) is 22.8 Å². The summed E-state index contributed by atoms with van der Waals surface area (Å²) in [4.78, 5) is 50.6. The third kappa shape index (κ3) is 4.07. The maximum absolute atomic E-state index is 13.0. The lowest BCUT2D eigenvalue weighted by Gasteiger charge is -2.22. The van der Waals surface area contributed by atoms with E-state index in [1.807, 2.05) is 0 Å².